The van der Waals surface area contributed by atoms with Crippen molar-refractivity contribution in [1.29, 1.82) is 0 Å². The number of aromatic carboxylic acids is 1. The summed E-state index contributed by atoms with van der Waals surface area (Å²) in [4.78, 5) is 24.9. The third kappa shape index (κ3) is 2.41. The van der Waals surface area contributed by atoms with Crippen LogP contribution < -0.4 is 5.73 Å². The summed E-state index contributed by atoms with van der Waals surface area (Å²) in [7, 11) is 0. The van der Waals surface area contributed by atoms with Crippen molar-refractivity contribution in [1.82, 2.24) is 4.90 Å². The summed E-state index contributed by atoms with van der Waals surface area (Å²) in [5, 5.41) is 8.99. The third-order valence-corrected chi connectivity index (χ3v) is 3.54. The number of hydrogen-bond acceptors (Lipinski definition) is 4. The lowest BCUT2D eigenvalue weighted by molar-refractivity contribution is 0.0695. The molecular weight excluding hydrogens is 272 g/mol. The zero-order valence-corrected chi connectivity index (χ0v) is 11.2. The smallest absolute Gasteiger partial charge is 0.335 e. The van der Waals surface area contributed by atoms with Crippen LogP contribution in [0.15, 0.2) is 34.7 Å². The van der Waals surface area contributed by atoms with Gasteiger partial charge in [-0.25, -0.2) is 4.79 Å². The first-order valence-electron chi connectivity index (χ1n) is 6.51. The van der Waals surface area contributed by atoms with E-state index in [0.717, 1.165) is 11.1 Å². The Bertz CT molecular complexity index is 720. The first-order chi connectivity index (χ1) is 10.1. The van der Waals surface area contributed by atoms with Crippen molar-refractivity contribution in [2.45, 2.75) is 19.6 Å². The van der Waals surface area contributed by atoms with Crippen LogP contribution in [0.25, 0.3) is 0 Å². The molecule has 0 atom stereocenters. The number of carboxylic acids is 1. The molecular formula is C15H14N2O4. The van der Waals surface area contributed by atoms with Gasteiger partial charge in [0.1, 0.15) is 5.76 Å². The number of carbonyl (C=O) groups excluding carboxylic acids is 1. The fourth-order valence-corrected chi connectivity index (χ4v) is 2.43. The Morgan fingerprint density at radius 3 is 2.62 bits per heavy atom. The standard InChI is InChI=1S/C15H14N2O4/c16-6-12-3-4-13(21-12)14(18)17-7-10-2-1-9(15(19)20)5-11(10)8-17/h1-5H,6-8,16H2,(H,19,20). The number of benzene rings is 1. The fourth-order valence-electron chi connectivity index (χ4n) is 2.43. The van der Waals surface area contributed by atoms with Gasteiger partial charge in [-0.15, -0.1) is 0 Å². The average molecular weight is 286 g/mol. The molecule has 21 heavy (non-hydrogen) atoms. The monoisotopic (exact) mass is 286 g/mol. The van der Waals surface area contributed by atoms with E-state index in [4.69, 9.17) is 15.3 Å². The van der Waals surface area contributed by atoms with E-state index in [2.05, 4.69) is 0 Å². The maximum atomic E-state index is 12.3. The van der Waals surface area contributed by atoms with Crippen molar-refractivity contribution >= 4 is 11.9 Å². The number of nitrogens with zero attached hydrogens (tertiary/aromatic N) is 1. The molecule has 1 aliphatic rings. The summed E-state index contributed by atoms with van der Waals surface area (Å²) in [6.45, 7) is 1.08. The number of hydrogen-bond donors (Lipinski definition) is 2. The summed E-state index contributed by atoms with van der Waals surface area (Å²) in [6, 6.07) is 8.20. The first kappa shape index (κ1) is 13.4. The molecule has 6 nitrogen and oxygen atoms in total. The highest BCUT2D eigenvalue weighted by Gasteiger charge is 2.26. The highest BCUT2D eigenvalue weighted by atomic mass is 16.4. The normalized spacial score (nSPS) is 13.3. The summed E-state index contributed by atoms with van der Waals surface area (Å²) in [5.74, 6) is -0.381. The molecule has 108 valence electrons. The molecule has 0 unspecified atom stereocenters. The second kappa shape index (κ2) is 5.06. The largest absolute Gasteiger partial charge is 0.478 e. The van der Waals surface area contributed by atoms with Gasteiger partial charge < -0.3 is 20.2 Å². The second-order valence-electron chi connectivity index (χ2n) is 4.92. The molecule has 1 aromatic carbocycles. The molecule has 0 spiro atoms. The minimum atomic E-state index is -0.971. The van der Waals surface area contributed by atoms with E-state index in [9.17, 15) is 9.59 Å². The molecule has 3 rings (SSSR count). The van der Waals surface area contributed by atoms with Gasteiger partial charge in [0, 0.05) is 13.1 Å². The number of amides is 1. The van der Waals surface area contributed by atoms with Crippen molar-refractivity contribution < 1.29 is 19.1 Å². The van der Waals surface area contributed by atoms with Gasteiger partial charge >= 0.3 is 5.97 Å². The van der Waals surface area contributed by atoms with E-state index in [1.807, 2.05) is 0 Å². The van der Waals surface area contributed by atoms with Crippen molar-refractivity contribution in [3.8, 4) is 0 Å². The van der Waals surface area contributed by atoms with E-state index in [0.29, 0.717) is 18.8 Å². The number of carboxylic acid groups (broad SMARTS) is 1. The van der Waals surface area contributed by atoms with Crippen LogP contribution in [0, 0.1) is 0 Å². The summed E-state index contributed by atoms with van der Waals surface area (Å²) in [6.07, 6.45) is 0. The maximum absolute atomic E-state index is 12.3. The van der Waals surface area contributed by atoms with Gasteiger partial charge in [0.05, 0.1) is 12.1 Å². The molecule has 1 aliphatic heterocycles. The molecule has 0 radical (unpaired) electrons. The summed E-state index contributed by atoms with van der Waals surface area (Å²) < 4.78 is 5.36. The Morgan fingerprint density at radius 2 is 1.95 bits per heavy atom. The van der Waals surface area contributed by atoms with Crippen molar-refractivity contribution in [2.24, 2.45) is 5.73 Å². The van der Waals surface area contributed by atoms with Crippen LogP contribution in [0.1, 0.15) is 37.8 Å². The van der Waals surface area contributed by atoms with Crippen LogP contribution in [0.3, 0.4) is 0 Å². The number of furan rings is 1. The second-order valence-corrected chi connectivity index (χ2v) is 4.92. The van der Waals surface area contributed by atoms with E-state index in [-0.39, 0.29) is 23.8 Å². The Hall–Kier alpha value is -2.60. The van der Waals surface area contributed by atoms with E-state index >= 15 is 0 Å². The Balaban J connectivity index is 1.80. The minimum Gasteiger partial charge on any atom is -0.478 e. The predicted octanol–water partition coefficient (Wildman–Crippen LogP) is 1.59. The molecule has 0 saturated heterocycles. The quantitative estimate of drug-likeness (QED) is 0.893. The highest BCUT2D eigenvalue weighted by molar-refractivity contribution is 5.92. The predicted molar refractivity (Wildman–Crippen MR) is 73.6 cm³/mol. The van der Waals surface area contributed by atoms with E-state index in [1.165, 1.54) is 0 Å². The summed E-state index contributed by atoms with van der Waals surface area (Å²) >= 11 is 0. The van der Waals surface area contributed by atoms with Gasteiger partial charge in [-0.3, -0.25) is 4.79 Å². The minimum absolute atomic E-state index is 0.220. The van der Waals surface area contributed by atoms with Crippen LogP contribution in [-0.4, -0.2) is 21.9 Å². The van der Waals surface area contributed by atoms with Crippen LogP contribution in [0.2, 0.25) is 0 Å². The first-order valence-corrected chi connectivity index (χ1v) is 6.51. The zero-order chi connectivity index (χ0) is 15.0. The molecule has 0 aliphatic carbocycles. The number of carbonyl (C=O) groups is 2. The molecule has 1 aromatic heterocycles. The molecule has 0 fully saturated rings. The summed E-state index contributed by atoms with van der Waals surface area (Å²) in [5.41, 5.74) is 7.50. The lowest BCUT2D eigenvalue weighted by Gasteiger charge is -2.13. The highest BCUT2D eigenvalue weighted by Crippen LogP contribution is 2.26. The van der Waals surface area contributed by atoms with Crippen molar-refractivity contribution in [3.05, 3.63) is 58.5 Å². The van der Waals surface area contributed by atoms with Gasteiger partial charge in [0.2, 0.25) is 0 Å². The zero-order valence-electron chi connectivity index (χ0n) is 11.2. The van der Waals surface area contributed by atoms with Crippen LogP contribution in [0.4, 0.5) is 0 Å². The van der Waals surface area contributed by atoms with E-state index < -0.39 is 5.97 Å². The SMILES string of the molecule is NCc1ccc(C(=O)N2Cc3ccc(C(=O)O)cc3C2)o1. The lowest BCUT2D eigenvalue weighted by Crippen LogP contribution is -2.24. The molecule has 0 saturated carbocycles. The van der Waals surface area contributed by atoms with Gasteiger partial charge in [0.15, 0.2) is 5.76 Å². The number of fused-ring (bicyclic) bond motifs is 1. The van der Waals surface area contributed by atoms with Crippen molar-refractivity contribution in [2.75, 3.05) is 0 Å². The molecule has 2 aromatic rings. The molecule has 3 N–H and O–H groups in total. The van der Waals surface area contributed by atoms with Crippen LogP contribution in [-0.2, 0) is 19.6 Å². The lowest BCUT2D eigenvalue weighted by atomic mass is 10.1. The Kier molecular flexibility index (Phi) is 3.23. The fraction of sp³-hybridized carbons (Fsp3) is 0.200. The Labute approximate surface area is 120 Å². The van der Waals surface area contributed by atoms with Gasteiger partial charge in [-0.1, -0.05) is 6.07 Å². The van der Waals surface area contributed by atoms with Gasteiger partial charge in [-0.2, -0.15) is 0 Å². The molecule has 2 heterocycles. The molecule has 0 bridgehead atoms. The maximum Gasteiger partial charge on any atom is 0.335 e. The average Bonchev–Trinajstić information content (AvgIpc) is 3.11. The van der Waals surface area contributed by atoms with Crippen LogP contribution in [0.5, 0.6) is 0 Å². The molecule has 1 amide bonds. The van der Waals surface area contributed by atoms with Gasteiger partial charge in [-0.05, 0) is 35.4 Å². The third-order valence-electron chi connectivity index (χ3n) is 3.54. The van der Waals surface area contributed by atoms with Crippen LogP contribution >= 0.6 is 0 Å². The number of nitrogens with two attached hydrogens (primary N) is 1. The Morgan fingerprint density at radius 1 is 1.19 bits per heavy atom. The van der Waals surface area contributed by atoms with E-state index in [1.54, 1.807) is 35.2 Å². The van der Waals surface area contributed by atoms with Gasteiger partial charge in [0.25, 0.3) is 5.91 Å². The molecule has 6 heteroatoms. The topological polar surface area (TPSA) is 96.8 Å². The number of rotatable bonds is 3. The van der Waals surface area contributed by atoms with Crippen molar-refractivity contribution in [3.63, 3.8) is 0 Å².